The molecule has 0 aromatic heterocycles. The van der Waals surface area contributed by atoms with Crippen LogP contribution in [-0.2, 0) is 11.2 Å². The fourth-order valence-corrected chi connectivity index (χ4v) is 1.29. The SMILES string of the molecule is COCCC(N)Cc1ccc(F)cc1. The highest BCUT2D eigenvalue weighted by atomic mass is 19.1. The van der Waals surface area contributed by atoms with Gasteiger partial charge >= 0.3 is 0 Å². The number of halogens is 1. The number of benzene rings is 1. The molecule has 0 heterocycles. The summed E-state index contributed by atoms with van der Waals surface area (Å²) in [4.78, 5) is 0. The highest BCUT2D eigenvalue weighted by molar-refractivity contribution is 5.16. The summed E-state index contributed by atoms with van der Waals surface area (Å²) in [5, 5.41) is 0. The maximum atomic E-state index is 12.6. The molecule has 2 N–H and O–H groups in total. The second-order valence-electron chi connectivity index (χ2n) is 3.37. The predicted octanol–water partition coefficient (Wildman–Crippen LogP) is 1.73. The Morgan fingerprint density at radius 3 is 2.57 bits per heavy atom. The normalized spacial score (nSPS) is 12.8. The van der Waals surface area contributed by atoms with Crippen molar-refractivity contribution in [1.29, 1.82) is 0 Å². The van der Waals surface area contributed by atoms with Crippen molar-refractivity contribution in [1.82, 2.24) is 0 Å². The lowest BCUT2D eigenvalue weighted by atomic mass is 10.0. The first-order valence-corrected chi connectivity index (χ1v) is 4.71. The average molecular weight is 197 g/mol. The molecule has 0 spiro atoms. The summed E-state index contributed by atoms with van der Waals surface area (Å²) in [6.07, 6.45) is 1.59. The van der Waals surface area contributed by atoms with Gasteiger partial charge in [0.25, 0.3) is 0 Å². The van der Waals surface area contributed by atoms with Crippen LogP contribution in [-0.4, -0.2) is 19.8 Å². The number of hydrogen-bond acceptors (Lipinski definition) is 2. The number of methoxy groups -OCH3 is 1. The van der Waals surface area contributed by atoms with Crippen LogP contribution in [0.5, 0.6) is 0 Å². The van der Waals surface area contributed by atoms with E-state index in [1.54, 1.807) is 19.2 Å². The Morgan fingerprint density at radius 1 is 1.36 bits per heavy atom. The van der Waals surface area contributed by atoms with E-state index >= 15 is 0 Å². The van der Waals surface area contributed by atoms with Gasteiger partial charge in [-0.15, -0.1) is 0 Å². The highest BCUT2D eigenvalue weighted by Crippen LogP contribution is 2.06. The molecule has 0 radical (unpaired) electrons. The van der Waals surface area contributed by atoms with Gasteiger partial charge in [0.2, 0.25) is 0 Å². The van der Waals surface area contributed by atoms with Crippen molar-refractivity contribution in [3.8, 4) is 0 Å². The second kappa shape index (κ2) is 5.73. The highest BCUT2D eigenvalue weighted by Gasteiger charge is 2.03. The van der Waals surface area contributed by atoms with Crippen LogP contribution in [0.3, 0.4) is 0 Å². The van der Waals surface area contributed by atoms with Crippen LogP contribution in [0.1, 0.15) is 12.0 Å². The number of hydrogen-bond donors (Lipinski definition) is 1. The lowest BCUT2D eigenvalue weighted by Gasteiger charge is -2.10. The monoisotopic (exact) mass is 197 g/mol. The van der Waals surface area contributed by atoms with Gasteiger partial charge in [-0.05, 0) is 30.5 Å². The van der Waals surface area contributed by atoms with E-state index in [9.17, 15) is 4.39 Å². The van der Waals surface area contributed by atoms with Gasteiger partial charge in [0.05, 0.1) is 0 Å². The number of nitrogens with two attached hydrogens (primary N) is 1. The Balaban J connectivity index is 2.39. The molecule has 14 heavy (non-hydrogen) atoms. The van der Waals surface area contributed by atoms with Crippen LogP contribution < -0.4 is 5.73 Å². The smallest absolute Gasteiger partial charge is 0.123 e. The van der Waals surface area contributed by atoms with Crippen molar-refractivity contribution in [2.24, 2.45) is 5.73 Å². The zero-order chi connectivity index (χ0) is 10.4. The van der Waals surface area contributed by atoms with Crippen LogP contribution in [0.4, 0.5) is 4.39 Å². The second-order valence-corrected chi connectivity index (χ2v) is 3.37. The molecule has 1 aromatic rings. The summed E-state index contributed by atoms with van der Waals surface area (Å²) < 4.78 is 17.5. The minimum atomic E-state index is -0.209. The fourth-order valence-electron chi connectivity index (χ4n) is 1.29. The maximum Gasteiger partial charge on any atom is 0.123 e. The summed E-state index contributed by atoms with van der Waals surface area (Å²) >= 11 is 0. The summed E-state index contributed by atoms with van der Waals surface area (Å²) in [7, 11) is 1.66. The first-order chi connectivity index (χ1) is 6.72. The van der Waals surface area contributed by atoms with Gasteiger partial charge < -0.3 is 10.5 Å². The van der Waals surface area contributed by atoms with Crippen LogP contribution in [0.15, 0.2) is 24.3 Å². The van der Waals surface area contributed by atoms with Crippen LogP contribution >= 0.6 is 0 Å². The van der Waals surface area contributed by atoms with E-state index in [0.29, 0.717) is 6.61 Å². The van der Waals surface area contributed by atoms with E-state index in [-0.39, 0.29) is 11.9 Å². The average Bonchev–Trinajstić information content (AvgIpc) is 2.18. The van der Waals surface area contributed by atoms with Gasteiger partial charge in [-0.25, -0.2) is 4.39 Å². The minimum Gasteiger partial charge on any atom is -0.385 e. The molecule has 0 saturated carbocycles. The van der Waals surface area contributed by atoms with E-state index in [1.165, 1.54) is 12.1 Å². The molecule has 0 aliphatic rings. The standard InChI is InChI=1S/C11H16FNO/c1-14-7-6-11(13)8-9-2-4-10(12)5-3-9/h2-5,11H,6-8,13H2,1H3. The Morgan fingerprint density at radius 2 is 2.00 bits per heavy atom. The summed E-state index contributed by atoms with van der Waals surface area (Å²) in [6.45, 7) is 0.669. The first-order valence-electron chi connectivity index (χ1n) is 4.71. The van der Waals surface area contributed by atoms with Crippen molar-refractivity contribution < 1.29 is 9.13 Å². The maximum absolute atomic E-state index is 12.6. The van der Waals surface area contributed by atoms with Gasteiger partial charge in [-0.1, -0.05) is 12.1 Å². The van der Waals surface area contributed by atoms with Gasteiger partial charge in [-0.2, -0.15) is 0 Å². The first kappa shape index (κ1) is 11.1. The molecule has 0 aliphatic heterocycles. The molecule has 3 heteroatoms. The lowest BCUT2D eigenvalue weighted by Crippen LogP contribution is -2.24. The molecule has 0 bridgehead atoms. The molecule has 1 rings (SSSR count). The molecule has 0 amide bonds. The Bertz CT molecular complexity index is 260. The van der Waals surface area contributed by atoms with Gasteiger partial charge in [0, 0.05) is 19.8 Å². The molecule has 1 aromatic carbocycles. The Kier molecular flexibility index (Phi) is 4.56. The molecule has 1 atom stereocenters. The zero-order valence-electron chi connectivity index (χ0n) is 8.37. The Labute approximate surface area is 83.9 Å². The van der Waals surface area contributed by atoms with E-state index < -0.39 is 0 Å². The molecular formula is C11H16FNO. The quantitative estimate of drug-likeness (QED) is 0.780. The summed E-state index contributed by atoms with van der Waals surface area (Å²) in [5.74, 6) is -0.209. The van der Waals surface area contributed by atoms with Crippen molar-refractivity contribution in [2.45, 2.75) is 18.9 Å². The molecule has 2 nitrogen and oxygen atoms in total. The zero-order valence-corrected chi connectivity index (χ0v) is 8.37. The third kappa shape index (κ3) is 3.85. The number of ether oxygens (including phenoxy) is 1. The molecule has 0 aliphatic carbocycles. The van der Waals surface area contributed by atoms with Crippen LogP contribution in [0, 0.1) is 5.82 Å². The van der Waals surface area contributed by atoms with Crippen molar-refractivity contribution in [3.05, 3.63) is 35.6 Å². The van der Waals surface area contributed by atoms with E-state index in [2.05, 4.69) is 0 Å². The van der Waals surface area contributed by atoms with Crippen molar-refractivity contribution in [2.75, 3.05) is 13.7 Å². The van der Waals surface area contributed by atoms with Crippen molar-refractivity contribution in [3.63, 3.8) is 0 Å². The molecule has 0 saturated heterocycles. The lowest BCUT2D eigenvalue weighted by molar-refractivity contribution is 0.188. The summed E-state index contributed by atoms with van der Waals surface area (Å²) in [6, 6.07) is 6.53. The van der Waals surface area contributed by atoms with E-state index in [1.807, 2.05) is 0 Å². The fraction of sp³-hybridized carbons (Fsp3) is 0.455. The summed E-state index contributed by atoms with van der Waals surface area (Å²) in [5.41, 5.74) is 6.92. The minimum absolute atomic E-state index is 0.0837. The largest absolute Gasteiger partial charge is 0.385 e. The Hall–Kier alpha value is -0.930. The van der Waals surface area contributed by atoms with Gasteiger partial charge in [0.15, 0.2) is 0 Å². The molecule has 1 unspecified atom stereocenters. The van der Waals surface area contributed by atoms with Crippen LogP contribution in [0.25, 0.3) is 0 Å². The van der Waals surface area contributed by atoms with E-state index in [0.717, 1.165) is 18.4 Å². The molecule has 78 valence electrons. The van der Waals surface area contributed by atoms with Gasteiger partial charge in [-0.3, -0.25) is 0 Å². The topological polar surface area (TPSA) is 35.2 Å². The van der Waals surface area contributed by atoms with Crippen molar-refractivity contribution >= 4 is 0 Å². The van der Waals surface area contributed by atoms with E-state index in [4.69, 9.17) is 10.5 Å². The predicted molar refractivity (Wildman–Crippen MR) is 54.6 cm³/mol. The third-order valence-corrected chi connectivity index (χ3v) is 2.10. The third-order valence-electron chi connectivity index (χ3n) is 2.10. The molecule has 0 fully saturated rings. The van der Waals surface area contributed by atoms with Gasteiger partial charge in [0.1, 0.15) is 5.82 Å². The van der Waals surface area contributed by atoms with Crippen LogP contribution in [0.2, 0.25) is 0 Å². The molecular weight excluding hydrogens is 181 g/mol. The number of rotatable bonds is 5.